The summed E-state index contributed by atoms with van der Waals surface area (Å²) in [6, 6.07) is 97.7. The Morgan fingerprint density at radius 2 is 0.645 bits per heavy atom. The van der Waals surface area contributed by atoms with E-state index in [1.165, 1.54) is 121 Å². The zero-order valence-corrected chi connectivity index (χ0v) is 54.8. The SMILES string of the molecule is CC(C)(C)c1cc(N2c3cc(-n4c5ccccc5c5ccccc54)ccc3B3c4ccc(-n5c6ccccc6c6ccccc65)cc4N(c4ccc(-c5ccc6c(c5)C(C)(C)CC6(C)C)cc4)c4cc(-n5c6ccccc6c6ccccc65)cc2c43)cc(C(C)(C)C)c1. The van der Waals surface area contributed by atoms with Gasteiger partial charge in [-0.25, -0.2) is 0 Å². The van der Waals surface area contributed by atoms with Gasteiger partial charge in [-0.15, -0.1) is 0 Å². The summed E-state index contributed by atoms with van der Waals surface area (Å²) >= 11 is 0. The van der Waals surface area contributed by atoms with Gasteiger partial charge in [0.1, 0.15) is 0 Å². The maximum atomic E-state index is 2.67. The number of benzene rings is 12. The molecular formula is C87H74BN5. The molecule has 450 valence electrons. The minimum absolute atomic E-state index is 0.0822. The Bertz CT molecular complexity index is 5460. The fraction of sp³-hybridized carbons (Fsp3) is 0.172. The fourth-order valence-electron chi connectivity index (χ4n) is 17.1. The van der Waals surface area contributed by atoms with Crippen LogP contribution >= 0.6 is 0 Å². The van der Waals surface area contributed by atoms with Crippen molar-refractivity contribution in [3.05, 3.63) is 277 Å². The van der Waals surface area contributed by atoms with E-state index < -0.39 is 0 Å². The van der Waals surface area contributed by atoms with Gasteiger partial charge < -0.3 is 23.5 Å². The first kappa shape index (κ1) is 55.5. The van der Waals surface area contributed by atoms with Crippen molar-refractivity contribution in [3.8, 4) is 28.2 Å². The highest BCUT2D eigenvalue weighted by Gasteiger charge is 2.46. The third-order valence-corrected chi connectivity index (χ3v) is 21.3. The molecular weight excluding hydrogens is 1130 g/mol. The molecule has 12 aromatic carbocycles. The van der Waals surface area contributed by atoms with E-state index >= 15 is 0 Å². The largest absolute Gasteiger partial charge is 0.311 e. The molecule has 6 heteroatoms. The number of aromatic nitrogens is 3. The third-order valence-electron chi connectivity index (χ3n) is 21.3. The predicted molar refractivity (Wildman–Crippen MR) is 397 cm³/mol. The molecule has 0 bridgehead atoms. The van der Waals surface area contributed by atoms with Crippen LogP contribution in [0.15, 0.2) is 255 Å². The van der Waals surface area contributed by atoms with Gasteiger partial charge in [0.05, 0.1) is 38.8 Å². The highest BCUT2D eigenvalue weighted by Crippen LogP contribution is 2.52. The van der Waals surface area contributed by atoms with Crippen molar-refractivity contribution in [1.82, 2.24) is 13.7 Å². The Kier molecular flexibility index (Phi) is 11.7. The van der Waals surface area contributed by atoms with E-state index in [0.29, 0.717) is 0 Å². The van der Waals surface area contributed by atoms with Gasteiger partial charge in [-0.05, 0) is 175 Å². The van der Waals surface area contributed by atoms with Crippen molar-refractivity contribution < 1.29 is 0 Å². The third kappa shape index (κ3) is 8.26. The van der Waals surface area contributed by atoms with Crippen LogP contribution in [-0.4, -0.2) is 20.4 Å². The Balaban J connectivity index is 0.968. The van der Waals surface area contributed by atoms with Gasteiger partial charge in [0, 0.05) is 77.8 Å². The van der Waals surface area contributed by atoms with Crippen molar-refractivity contribution in [2.24, 2.45) is 0 Å². The van der Waals surface area contributed by atoms with Crippen LogP contribution in [0.2, 0.25) is 0 Å². The van der Waals surface area contributed by atoms with Gasteiger partial charge in [-0.1, -0.05) is 227 Å². The van der Waals surface area contributed by atoms with Crippen LogP contribution in [0.3, 0.4) is 0 Å². The zero-order chi connectivity index (χ0) is 63.2. The van der Waals surface area contributed by atoms with Crippen LogP contribution in [0, 0.1) is 0 Å². The topological polar surface area (TPSA) is 21.3 Å². The van der Waals surface area contributed by atoms with Crippen molar-refractivity contribution >= 4 is 123 Å². The smallest absolute Gasteiger partial charge is 0.252 e. The lowest BCUT2D eigenvalue weighted by Crippen LogP contribution is -2.61. The van der Waals surface area contributed by atoms with Crippen molar-refractivity contribution in [2.75, 3.05) is 9.80 Å². The zero-order valence-electron chi connectivity index (χ0n) is 54.8. The lowest BCUT2D eigenvalue weighted by molar-refractivity contribution is 0.403. The molecule has 0 saturated heterocycles. The highest BCUT2D eigenvalue weighted by molar-refractivity contribution is 7.00. The first-order chi connectivity index (χ1) is 44.9. The first-order valence-corrected chi connectivity index (χ1v) is 33.3. The number of nitrogens with zero attached hydrogens (tertiary/aromatic N) is 5. The van der Waals surface area contributed by atoms with Crippen molar-refractivity contribution in [3.63, 3.8) is 0 Å². The number of rotatable bonds is 6. The quantitative estimate of drug-likeness (QED) is 0.155. The summed E-state index contributed by atoms with van der Waals surface area (Å²) in [6.07, 6.45) is 1.13. The molecule has 3 aliphatic rings. The molecule has 0 radical (unpaired) electrons. The van der Waals surface area contributed by atoms with Gasteiger partial charge in [0.25, 0.3) is 6.71 Å². The second-order valence-corrected chi connectivity index (χ2v) is 30.1. The molecule has 0 N–H and O–H groups in total. The summed E-state index contributed by atoms with van der Waals surface area (Å²) in [5.74, 6) is 0. The van der Waals surface area contributed by atoms with E-state index in [-0.39, 0.29) is 28.4 Å². The monoisotopic (exact) mass is 1200 g/mol. The second-order valence-electron chi connectivity index (χ2n) is 30.1. The normalized spacial score (nSPS) is 14.8. The molecule has 18 rings (SSSR count). The van der Waals surface area contributed by atoms with E-state index in [2.05, 4.69) is 348 Å². The van der Waals surface area contributed by atoms with Crippen LogP contribution in [0.1, 0.15) is 97.9 Å². The molecule has 15 aromatic rings. The molecule has 3 aromatic heterocycles. The summed E-state index contributed by atoms with van der Waals surface area (Å²) in [5, 5.41) is 7.44. The van der Waals surface area contributed by atoms with Crippen molar-refractivity contribution in [1.29, 1.82) is 0 Å². The minimum Gasteiger partial charge on any atom is -0.311 e. The highest BCUT2D eigenvalue weighted by atomic mass is 15.2. The van der Waals surface area contributed by atoms with Crippen LogP contribution < -0.4 is 26.2 Å². The van der Waals surface area contributed by atoms with Crippen LogP contribution in [0.25, 0.3) is 93.6 Å². The number of fused-ring (bicyclic) bond motifs is 14. The number of hydrogen-bond acceptors (Lipinski definition) is 2. The molecule has 93 heavy (non-hydrogen) atoms. The molecule has 0 fully saturated rings. The Morgan fingerprint density at radius 3 is 1.05 bits per heavy atom. The maximum Gasteiger partial charge on any atom is 0.252 e. The van der Waals surface area contributed by atoms with Gasteiger partial charge in [0.2, 0.25) is 0 Å². The Hall–Kier alpha value is -10.3. The average molecular weight is 1200 g/mol. The molecule has 0 atom stereocenters. The Morgan fingerprint density at radius 1 is 0.301 bits per heavy atom. The fourth-order valence-corrected chi connectivity index (χ4v) is 17.1. The number of anilines is 6. The van der Waals surface area contributed by atoms with Crippen molar-refractivity contribution in [2.45, 2.75) is 97.3 Å². The first-order valence-electron chi connectivity index (χ1n) is 33.3. The van der Waals surface area contributed by atoms with Gasteiger partial charge >= 0.3 is 0 Å². The summed E-state index contributed by atoms with van der Waals surface area (Å²) in [5.41, 5.74) is 29.1. The molecule has 5 heterocycles. The second kappa shape index (κ2) is 19.6. The van der Waals surface area contributed by atoms with E-state index in [1.54, 1.807) is 0 Å². The molecule has 0 unspecified atom stereocenters. The average Bonchev–Trinajstić information content (AvgIpc) is 1.21. The van der Waals surface area contributed by atoms with Crippen LogP contribution in [-0.2, 0) is 21.7 Å². The molecule has 1 aliphatic carbocycles. The molecule has 0 spiro atoms. The summed E-state index contributed by atoms with van der Waals surface area (Å²) in [7, 11) is 0. The summed E-state index contributed by atoms with van der Waals surface area (Å²) in [6.45, 7) is 23.7. The molecule has 5 nitrogen and oxygen atoms in total. The van der Waals surface area contributed by atoms with Crippen LogP contribution in [0.4, 0.5) is 34.1 Å². The van der Waals surface area contributed by atoms with Gasteiger partial charge in [-0.3, -0.25) is 0 Å². The standard InChI is InChI=1S/C87H74BN5/c1-84(2,3)56-46-57(85(4,5)6)48-61(47-56)93-80-50-60(91-75-31-19-13-25-65(75)66-26-14-20-32-76(66)91)41-44-72(80)88-71-43-40-59(90-73-29-17-11-23-63(73)64-24-12-18-30-74(64)90)49-79(71)89(58-38-35-54(36-39-58)55-37-42-69-70(45-55)87(9,10)53-86(69,7)8)81-51-62(52-82(93)83(81)88)92-77-33-21-15-27-67(77)68-28-16-22-34-78(68)92/h11-52H,53H2,1-10H3. The van der Waals surface area contributed by atoms with E-state index in [9.17, 15) is 0 Å². The molecule has 0 saturated carbocycles. The van der Waals surface area contributed by atoms with Gasteiger partial charge in [-0.2, -0.15) is 0 Å². The Labute approximate surface area is 545 Å². The number of para-hydroxylation sites is 6. The number of hydrogen-bond donors (Lipinski definition) is 0. The van der Waals surface area contributed by atoms with Crippen LogP contribution in [0.5, 0.6) is 0 Å². The van der Waals surface area contributed by atoms with Gasteiger partial charge in [0.15, 0.2) is 0 Å². The minimum atomic E-state index is -0.162. The maximum absolute atomic E-state index is 2.67. The summed E-state index contributed by atoms with van der Waals surface area (Å²) < 4.78 is 7.52. The van der Waals surface area contributed by atoms with E-state index in [0.717, 1.165) is 51.9 Å². The lowest BCUT2D eigenvalue weighted by Gasteiger charge is -2.45. The molecule has 2 aliphatic heterocycles. The van der Waals surface area contributed by atoms with E-state index in [1.807, 2.05) is 0 Å². The van der Waals surface area contributed by atoms with E-state index in [4.69, 9.17) is 0 Å². The predicted octanol–water partition coefficient (Wildman–Crippen LogP) is 21.3. The molecule has 0 amide bonds. The summed E-state index contributed by atoms with van der Waals surface area (Å²) in [4.78, 5) is 5.29. The lowest BCUT2D eigenvalue weighted by atomic mass is 9.33.